The van der Waals surface area contributed by atoms with Crippen LogP contribution in [-0.2, 0) is 12.8 Å². The quantitative estimate of drug-likeness (QED) is 0.883. The Bertz CT molecular complexity index is 690. The summed E-state index contributed by atoms with van der Waals surface area (Å²) in [6.45, 7) is 6.08. The van der Waals surface area contributed by atoms with E-state index >= 15 is 0 Å². The van der Waals surface area contributed by atoms with Gasteiger partial charge in [-0.1, -0.05) is 19.9 Å². The number of rotatable bonds is 5. The summed E-state index contributed by atoms with van der Waals surface area (Å²) in [5.41, 5.74) is 4.50. The van der Waals surface area contributed by atoms with Crippen LogP contribution in [0.4, 0.5) is 11.4 Å². The number of aryl methyl sites for hydroxylation is 3. The first kappa shape index (κ1) is 15.2. The van der Waals surface area contributed by atoms with Crippen LogP contribution >= 0.6 is 0 Å². The van der Waals surface area contributed by atoms with Gasteiger partial charge in [-0.2, -0.15) is 0 Å². The maximum atomic E-state index is 12.0. The molecule has 0 fully saturated rings. The number of nitrogens with one attached hydrogen (secondary N) is 2. The minimum atomic E-state index is -0.108. The second-order valence-corrected chi connectivity index (χ2v) is 5.02. The number of hydrogen-bond donors (Lipinski definition) is 2. The van der Waals surface area contributed by atoms with Crippen molar-refractivity contribution in [1.82, 2.24) is 4.98 Å². The van der Waals surface area contributed by atoms with Crippen LogP contribution in [0.1, 0.15) is 30.7 Å². The first-order valence-corrected chi connectivity index (χ1v) is 7.25. The third-order valence-electron chi connectivity index (χ3n) is 3.67. The SMILES string of the molecule is CCc1ccc(Nc2cc(CC)c(C)[nH]c2=O)cc1OC. The highest BCUT2D eigenvalue weighted by Crippen LogP contribution is 2.25. The Morgan fingerprint density at radius 3 is 2.48 bits per heavy atom. The Hall–Kier alpha value is -2.23. The molecule has 0 saturated heterocycles. The van der Waals surface area contributed by atoms with E-state index in [2.05, 4.69) is 24.1 Å². The van der Waals surface area contributed by atoms with Crippen molar-refractivity contribution < 1.29 is 4.74 Å². The molecule has 0 atom stereocenters. The van der Waals surface area contributed by atoms with Crippen molar-refractivity contribution in [3.8, 4) is 5.75 Å². The molecule has 0 amide bonds. The molecule has 1 aromatic heterocycles. The molecule has 112 valence electrons. The lowest BCUT2D eigenvalue weighted by Crippen LogP contribution is -2.14. The van der Waals surface area contributed by atoms with Gasteiger partial charge in [0.2, 0.25) is 0 Å². The van der Waals surface area contributed by atoms with Gasteiger partial charge >= 0.3 is 0 Å². The van der Waals surface area contributed by atoms with Crippen LogP contribution in [0.25, 0.3) is 0 Å². The molecule has 0 aliphatic rings. The molecular weight excluding hydrogens is 264 g/mol. The molecule has 2 rings (SSSR count). The highest BCUT2D eigenvalue weighted by atomic mass is 16.5. The molecule has 0 saturated carbocycles. The number of benzene rings is 1. The molecule has 4 nitrogen and oxygen atoms in total. The predicted molar refractivity (Wildman–Crippen MR) is 86.8 cm³/mol. The standard InChI is InChI=1S/C17H22N2O2/c1-5-12-7-8-14(10-16(12)21-4)19-15-9-13(6-2)11(3)18-17(15)20/h7-10,19H,5-6H2,1-4H3,(H,18,20). The summed E-state index contributed by atoms with van der Waals surface area (Å²) in [4.78, 5) is 14.9. The van der Waals surface area contributed by atoms with E-state index in [0.717, 1.165) is 41.1 Å². The van der Waals surface area contributed by atoms with Gasteiger partial charge in [-0.15, -0.1) is 0 Å². The van der Waals surface area contributed by atoms with Gasteiger partial charge in [0.1, 0.15) is 11.4 Å². The fourth-order valence-electron chi connectivity index (χ4n) is 2.40. The van der Waals surface area contributed by atoms with Gasteiger partial charge in [0.05, 0.1) is 7.11 Å². The molecule has 0 radical (unpaired) electrons. The molecule has 1 aromatic carbocycles. The summed E-state index contributed by atoms with van der Waals surface area (Å²) in [7, 11) is 1.66. The average Bonchev–Trinajstić information content (AvgIpc) is 2.49. The smallest absolute Gasteiger partial charge is 0.271 e. The van der Waals surface area contributed by atoms with Crippen molar-refractivity contribution in [2.45, 2.75) is 33.6 Å². The number of ether oxygens (including phenoxy) is 1. The topological polar surface area (TPSA) is 54.1 Å². The number of aromatic nitrogens is 1. The lowest BCUT2D eigenvalue weighted by molar-refractivity contribution is 0.410. The van der Waals surface area contributed by atoms with Gasteiger partial charge in [-0.3, -0.25) is 4.79 Å². The minimum absolute atomic E-state index is 0.108. The van der Waals surface area contributed by atoms with Crippen molar-refractivity contribution in [3.63, 3.8) is 0 Å². The second kappa shape index (κ2) is 6.48. The maximum absolute atomic E-state index is 12.0. The molecule has 0 aliphatic heterocycles. The number of hydrogen-bond acceptors (Lipinski definition) is 3. The van der Waals surface area contributed by atoms with Crippen molar-refractivity contribution >= 4 is 11.4 Å². The van der Waals surface area contributed by atoms with Gasteiger partial charge in [-0.25, -0.2) is 0 Å². The van der Waals surface area contributed by atoms with Crippen molar-refractivity contribution in [2.75, 3.05) is 12.4 Å². The van der Waals surface area contributed by atoms with Crippen LogP contribution < -0.4 is 15.6 Å². The fourth-order valence-corrected chi connectivity index (χ4v) is 2.40. The third-order valence-corrected chi connectivity index (χ3v) is 3.67. The highest BCUT2D eigenvalue weighted by molar-refractivity contribution is 5.62. The van der Waals surface area contributed by atoms with E-state index in [1.807, 2.05) is 31.2 Å². The summed E-state index contributed by atoms with van der Waals surface area (Å²) in [6, 6.07) is 7.81. The van der Waals surface area contributed by atoms with Crippen molar-refractivity contribution in [1.29, 1.82) is 0 Å². The first-order chi connectivity index (χ1) is 10.1. The lowest BCUT2D eigenvalue weighted by Gasteiger charge is -2.12. The molecule has 2 aromatic rings. The molecule has 0 bridgehead atoms. The Kier molecular flexibility index (Phi) is 4.68. The van der Waals surface area contributed by atoms with E-state index in [9.17, 15) is 4.79 Å². The number of H-pyrrole nitrogens is 1. The van der Waals surface area contributed by atoms with Gasteiger partial charge in [0, 0.05) is 17.4 Å². The number of pyridine rings is 1. The van der Waals surface area contributed by atoms with E-state index < -0.39 is 0 Å². The molecule has 0 aliphatic carbocycles. The Morgan fingerprint density at radius 2 is 1.86 bits per heavy atom. The summed E-state index contributed by atoms with van der Waals surface area (Å²) >= 11 is 0. The monoisotopic (exact) mass is 286 g/mol. The zero-order chi connectivity index (χ0) is 15.4. The zero-order valence-corrected chi connectivity index (χ0v) is 13.0. The number of methoxy groups -OCH3 is 1. The molecule has 0 unspecified atom stereocenters. The van der Waals surface area contributed by atoms with Crippen LogP contribution in [-0.4, -0.2) is 12.1 Å². The Balaban J connectivity index is 2.36. The highest BCUT2D eigenvalue weighted by Gasteiger charge is 2.07. The minimum Gasteiger partial charge on any atom is -0.496 e. The number of aromatic amines is 1. The molecule has 21 heavy (non-hydrogen) atoms. The molecule has 2 N–H and O–H groups in total. The van der Waals surface area contributed by atoms with Crippen molar-refractivity contribution in [3.05, 3.63) is 51.4 Å². The largest absolute Gasteiger partial charge is 0.496 e. The first-order valence-electron chi connectivity index (χ1n) is 7.25. The third kappa shape index (κ3) is 3.27. The van der Waals surface area contributed by atoms with Gasteiger partial charge in [0.25, 0.3) is 5.56 Å². The van der Waals surface area contributed by atoms with Crippen LogP contribution in [0.2, 0.25) is 0 Å². The summed E-state index contributed by atoms with van der Waals surface area (Å²) in [5, 5.41) is 3.18. The number of anilines is 2. The Labute approximate surface area is 125 Å². The van der Waals surface area contributed by atoms with E-state index in [1.54, 1.807) is 7.11 Å². The van der Waals surface area contributed by atoms with E-state index in [4.69, 9.17) is 4.74 Å². The van der Waals surface area contributed by atoms with Crippen LogP contribution in [0, 0.1) is 6.92 Å². The zero-order valence-electron chi connectivity index (χ0n) is 13.0. The van der Waals surface area contributed by atoms with Crippen LogP contribution in [0.15, 0.2) is 29.1 Å². The van der Waals surface area contributed by atoms with Crippen LogP contribution in [0.5, 0.6) is 5.75 Å². The summed E-state index contributed by atoms with van der Waals surface area (Å²) < 4.78 is 5.38. The Morgan fingerprint density at radius 1 is 1.14 bits per heavy atom. The van der Waals surface area contributed by atoms with Crippen LogP contribution in [0.3, 0.4) is 0 Å². The fraction of sp³-hybridized carbons (Fsp3) is 0.353. The summed E-state index contributed by atoms with van der Waals surface area (Å²) in [6.07, 6.45) is 1.80. The molecular formula is C17H22N2O2. The summed E-state index contributed by atoms with van der Waals surface area (Å²) in [5.74, 6) is 0.835. The molecule has 4 heteroatoms. The van der Waals surface area contributed by atoms with Gasteiger partial charge in [-0.05, 0) is 43.0 Å². The second-order valence-electron chi connectivity index (χ2n) is 5.02. The van der Waals surface area contributed by atoms with E-state index in [0.29, 0.717) is 5.69 Å². The van der Waals surface area contributed by atoms with Gasteiger partial charge < -0.3 is 15.0 Å². The van der Waals surface area contributed by atoms with E-state index in [1.165, 1.54) is 0 Å². The molecule has 0 spiro atoms. The van der Waals surface area contributed by atoms with Gasteiger partial charge in [0.15, 0.2) is 0 Å². The van der Waals surface area contributed by atoms with E-state index in [-0.39, 0.29) is 5.56 Å². The average molecular weight is 286 g/mol. The normalized spacial score (nSPS) is 10.5. The lowest BCUT2D eigenvalue weighted by atomic mass is 10.1. The molecule has 1 heterocycles. The van der Waals surface area contributed by atoms with Crippen molar-refractivity contribution in [2.24, 2.45) is 0 Å². The maximum Gasteiger partial charge on any atom is 0.271 e. The predicted octanol–water partition coefficient (Wildman–Crippen LogP) is 3.56.